The maximum Gasteiger partial charge on any atom is 0.341 e. The molecule has 4 aromatic rings. The summed E-state index contributed by atoms with van der Waals surface area (Å²) in [4.78, 5) is 39.3. The summed E-state index contributed by atoms with van der Waals surface area (Å²) in [7, 11) is 3.04. The van der Waals surface area contributed by atoms with Crippen molar-refractivity contribution < 1.29 is 28.6 Å². The summed E-state index contributed by atoms with van der Waals surface area (Å²) >= 11 is 2.60. The van der Waals surface area contributed by atoms with E-state index in [9.17, 15) is 14.4 Å². The average Bonchev–Trinajstić information content (AvgIpc) is 3.39. The first-order valence-corrected chi connectivity index (χ1v) is 14.6. The Hall–Kier alpha value is -4.28. The maximum atomic E-state index is 12.9. The molecule has 0 bridgehead atoms. The van der Waals surface area contributed by atoms with E-state index in [0.717, 1.165) is 16.0 Å². The lowest BCUT2D eigenvalue weighted by atomic mass is 10.0. The highest BCUT2D eigenvalue weighted by molar-refractivity contribution is 8.00. The second-order valence-electron chi connectivity index (χ2n) is 8.83. The Balaban J connectivity index is 1.42. The number of carbonyl (C=O) groups is 3. The number of amides is 2. The quantitative estimate of drug-likeness (QED) is 0.145. The fourth-order valence-corrected chi connectivity index (χ4v) is 5.69. The van der Waals surface area contributed by atoms with Gasteiger partial charge in [-0.05, 0) is 55.8 Å². The van der Waals surface area contributed by atoms with Crippen LogP contribution in [0.1, 0.15) is 33.2 Å². The van der Waals surface area contributed by atoms with E-state index in [1.165, 1.54) is 37.3 Å². The molecule has 3 aromatic carbocycles. The van der Waals surface area contributed by atoms with Gasteiger partial charge < -0.3 is 24.8 Å². The van der Waals surface area contributed by atoms with Crippen molar-refractivity contribution in [2.45, 2.75) is 18.7 Å². The molecule has 0 aliphatic rings. The number of ether oxygens (including phenoxy) is 3. The van der Waals surface area contributed by atoms with Gasteiger partial charge in [-0.15, -0.1) is 23.1 Å². The molecule has 2 amide bonds. The first kappa shape index (κ1) is 29.7. The lowest BCUT2D eigenvalue weighted by Crippen LogP contribution is -2.16. The number of thiophene rings is 1. The summed E-state index contributed by atoms with van der Waals surface area (Å²) in [5.74, 6) is 0.0391. The molecule has 0 saturated carbocycles. The summed E-state index contributed by atoms with van der Waals surface area (Å²) < 4.78 is 15.8. The van der Waals surface area contributed by atoms with Gasteiger partial charge in [0.2, 0.25) is 5.91 Å². The summed E-state index contributed by atoms with van der Waals surface area (Å²) in [5, 5.41) is 8.04. The normalized spacial score (nSPS) is 10.5. The number of anilines is 2. The van der Waals surface area contributed by atoms with E-state index in [1.54, 1.807) is 43.3 Å². The van der Waals surface area contributed by atoms with E-state index in [0.29, 0.717) is 38.9 Å². The van der Waals surface area contributed by atoms with Crippen LogP contribution in [0, 0.1) is 6.92 Å². The van der Waals surface area contributed by atoms with Crippen molar-refractivity contribution in [3.8, 4) is 22.6 Å². The predicted molar refractivity (Wildman–Crippen MR) is 164 cm³/mol. The highest BCUT2D eigenvalue weighted by Crippen LogP contribution is 2.37. The number of benzene rings is 3. The zero-order chi connectivity index (χ0) is 29.4. The monoisotopic (exact) mass is 590 g/mol. The minimum absolute atomic E-state index is 0.104. The topological polar surface area (TPSA) is 103 Å². The fourth-order valence-electron chi connectivity index (χ4n) is 3.96. The third kappa shape index (κ3) is 7.47. The Bertz CT molecular complexity index is 1550. The first-order chi connectivity index (χ1) is 19.8. The van der Waals surface area contributed by atoms with Crippen molar-refractivity contribution >= 4 is 51.6 Å². The van der Waals surface area contributed by atoms with Crippen LogP contribution in [0.5, 0.6) is 11.5 Å². The van der Waals surface area contributed by atoms with Crippen molar-refractivity contribution in [1.82, 2.24) is 0 Å². The van der Waals surface area contributed by atoms with E-state index in [1.807, 2.05) is 42.6 Å². The molecule has 1 aromatic heterocycles. The summed E-state index contributed by atoms with van der Waals surface area (Å²) in [6.45, 7) is 3.97. The van der Waals surface area contributed by atoms with Crippen LogP contribution in [-0.4, -0.2) is 44.4 Å². The highest BCUT2D eigenvalue weighted by atomic mass is 32.2. The number of carbonyl (C=O) groups excluding carboxylic acids is 3. The average molecular weight is 591 g/mol. The van der Waals surface area contributed by atoms with Gasteiger partial charge in [0.25, 0.3) is 5.91 Å². The summed E-state index contributed by atoms with van der Waals surface area (Å²) in [6.07, 6.45) is 0. The van der Waals surface area contributed by atoms with Gasteiger partial charge in [-0.25, -0.2) is 4.79 Å². The third-order valence-corrected chi connectivity index (χ3v) is 7.88. The number of methoxy groups -OCH3 is 2. The molecule has 0 aliphatic carbocycles. The van der Waals surface area contributed by atoms with E-state index in [-0.39, 0.29) is 24.2 Å². The number of esters is 1. The van der Waals surface area contributed by atoms with Gasteiger partial charge in [0.1, 0.15) is 10.6 Å². The molecule has 0 saturated heterocycles. The molecule has 41 heavy (non-hydrogen) atoms. The van der Waals surface area contributed by atoms with Crippen molar-refractivity contribution in [2.75, 3.05) is 37.2 Å². The lowest BCUT2D eigenvalue weighted by molar-refractivity contribution is -0.113. The Labute approximate surface area is 247 Å². The van der Waals surface area contributed by atoms with Gasteiger partial charge in [-0.1, -0.05) is 35.9 Å². The smallest absolute Gasteiger partial charge is 0.341 e. The number of nitrogens with one attached hydrogen (secondary N) is 2. The zero-order valence-corrected chi connectivity index (χ0v) is 24.7. The Kier molecular flexibility index (Phi) is 10.0. The number of hydrogen-bond donors (Lipinski definition) is 2. The predicted octanol–water partition coefficient (Wildman–Crippen LogP) is 6.90. The molecule has 1 heterocycles. The number of rotatable bonds is 11. The van der Waals surface area contributed by atoms with Crippen molar-refractivity contribution in [3.63, 3.8) is 0 Å². The first-order valence-electron chi connectivity index (χ1n) is 12.7. The lowest BCUT2D eigenvalue weighted by Gasteiger charge is -2.11. The highest BCUT2D eigenvalue weighted by Gasteiger charge is 2.23. The van der Waals surface area contributed by atoms with E-state index < -0.39 is 5.97 Å². The van der Waals surface area contributed by atoms with Crippen molar-refractivity contribution in [1.29, 1.82) is 0 Å². The fraction of sp³-hybridized carbons (Fsp3) is 0.194. The van der Waals surface area contributed by atoms with Gasteiger partial charge in [0, 0.05) is 27.1 Å². The van der Waals surface area contributed by atoms with Crippen LogP contribution in [-0.2, 0) is 9.53 Å². The molecule has 4 rings (SSSR count). The minimum Gasteiger partial charge on any atom is -0.493 e. The summed E-state index contributed by atoms with van der Waals surface area (Å²) in [5.41, 5.74) is 4.04. The molecule has 8 nitrogen and oxygen atoms in total. The Morgan fingerprint density at radius 3 is 2.37 bits per heavy atom. The molecule has 0 atom stereocenters. The molecule has 212 valence electrons. The SMILES string of the molecule is CCOC(=O)c1c(-c2ccc(C)cc2)csc1NC(=O)CSc1cccc(NC(=O)c2ccc(OC)c(OC)c2)c1. The number of aryl methyl sites for hydroxylation is 1. The largest absolute Gasteiger partial charge is 0.493 e. The van der Waals surface area contributed by atoms with Crippen LogP contribution in [0.4, 0.5) is 10.7 Å². The molecular formula is C31H30N2O6S2. The van der Waals surface area contributed by atoms with Gasteiger partial charge >= 0.3 is 5.97 Å². The van der Waals surface area contributed by atoms with E-state index in [2.05, 4.69) is 10.6 Å². The van der Waals surface area contributed by atoms with E-state index in [4.69, 9.17) is 14.2 Å². The molecule has 0 spiro atoms. The van der Waals surface area contributed by atoms with Crippen LogP contribution in [0.2, 0.25) is 0 Å². The third-order valence-electron chi connectivity index (χ3n) is 5.99. The van der Waals surface area contributed by atoms with Crippen molar-refractivity contribution in [2.24, 2.45) is 0 Å². The molecular weight excluding hydrogens is 560 g/mol. The number of thioether (sulfide) groups is 1. The second-order valence-corrected chi connectivity index (χ2v) is 10.8. The van der Waals surface area contributed by atoms with Crippen LogP contribution in [0.15, 0.2) is 77.0 Å². The Morgan fingerprint density at radius 2 is 1.66 bits per heavy atom. The van der Waals surface area contributed by atoms with Gasteiger partial charge in [-0.2, -0.15) is 0 Å². The molecule has 0 fully saturated rings. The second kappa shape index (κ2) is 13.9. The van der Waals surface area contributed by atoms with Crippen LogP contribution < -0.4 is 20.1 Å². The minimum atomic E-state index is -0.481. The Morgan fingerprint density at radius 1 is 0.902 bits per heavy atom. The standard InChI is InChI=1S/C31H30N2O6S2/c1-5-39-31(36)28-24(20-11-9-19(2)10-12-20)17-41-30(28)33-27(34)18-40-23-8-6-7-22(16-23)32-29(35)21-13-14-25(37-3)26(15-21)38-4/h6-17H,5,18H2,1-4H3,(H,32,35)(H,33,34). The maximum absolute atomic E-state index is 12.9. The molecule has 0 radical (unpaired) electrons. The van der Waals surface area contributed by atoms with Gasteiger partial charge in [0.05, 0.1) is 26.6 Å². The number of hydrogen-bond acceptors (Lipinski definition) is 8. The van der Waals surface area contributed by atoms with Crippen molar-refractivity contribution in [3.05, 3.63) is 88.8 Å². The molecule has 10 heteroatoms. The van der Waals surface area contributed by atoms with Crippen LogP contribution >= 0.6 is 23.1 Å². The van der Waals surface area contributed by atoms with Gasteiger partial charge in [-0.3, -0.25) is 9.59 Å². The molecule has 2 N–H and O–H groups in total. The van der Waals surface area contributed by atoms with E-state index >= 15 is 0 Å². The van der Waals surface area contributed by atoms with Crippen LogP contribution in [0.3, 0.4) is 0 Å². The molecule has 0 unspecified atom stereocenters. The van der Waals surface area contributed by atoms with Gasteiger partial charge in [0.15, 0.2) is 11.5 Å². The zero-order valence-electron chi connectivity index (χ0n) is 23.1. The molecule has 0 aliphatic heterocycles. The van der Waals surface area contributed by atoms with Crippen LogP contribution in [0.25, 0.3) is 11.1 Å². The summed E-state index contributed by atoms with van der Waals surface area (Å²) in [6, 6.07) is 20.0.